The summed E-state index contributed by atoms with van der Waals surface area (Å²) in [4.78, 5) is 0. The summed E-state index contributed by atoms with van der Waals surface area (Å²) in [7, 11) is 0. The van der Waals surface area contributed by atoms with Crippen molar-refractivity contribution in [3.63, 3.8) is 0 Å². The Morgan fingerprint density at radius 3 is 1.00 bits per heavy atom. The minimum absolute atomic E-state index is 0.864. The number of alkyl halides is 7. The first-order valence-corrected chi connectivity index (χ1v) is 3.32. The number of hydrogen-bond donors (Lipinski definition) is 0. The monoisotopic (exact) mass is 290 g/mol. The Labute approximate surface area is 70.2 Å². The maximum atomic E-state index is 11.6. The molecule has 0 aromatic heterocycles. The normalized spacial score (nSPS) is 15.3. The molecule has 0 rings (SSSR count). The molecule has 0 saturated heterocycles. The van der Waals surface area contributed by atoms with E-state index < -0.39 is 39.0 Å². The van der Waals surface area contributed by atoms with Gasteiger partial charge in [-0.2, -0.15) is 0 Å². The fourth-order valence-corrected chi connectivity index (χ4v) is 0.532. The molecule has 0 aliphatic heterocycles. The SMILES string of the molecule is FC(F)(F)C(F)(F)[C](F)(F)[Sb]. The molecule has 0 aromatic rings. The molecule has 0 amide bonds. The van der Waals surface area contributed by atoms with Crippen LogP contribution in [0.1, 0.15) is 0 Å². The molecule has 0 fully saturated rings. The van der Waals surface area contributed by atoms with E-state index in [1.54, 1.807) is 0 Å². The van der Waals surface area contributed by atoms with Crippen LogP contribution in [0.2, 0.25) is 0 Å². The molecule has 0 saturated carbocycles. The molecule has 0 aliphatic carbocycles. The molecule has 0 heterocycles. The molecule has 0 atom stereocenters. The average molecular weight is 291 g/mol. The molecule has 8 heteroatoms. The maximum absolute atomic E-state index is 11.6. The molecule has 0 bridgehead atoms. The van der Waals surface area contributed by atoms with Crippen molar-refractivity contribution < 1.29 is 30.7 Å². The first kappa shape index (κ1) is 11.3. The molecular weight excluding hydrogens is 291 g/mol. The van der Waals surface area contributed by atoms with E-state index in [4.69, 9.17) is 0 Å². The zero-order valence-corrected chi connectivity index (χ0v) is 7.15. The van der Waals surface area contributed by atoms with Gasteiger partial charge in [0.05, 0.1) is 0 Å². The number of halogens is 7. The summed E-state index contributed by atoms with van der Waals surface area (Å²) in [5.41, 5.74) is 0. The van der Waals surface area contributed by atoms with Crippen LogP contribution in [-0.4, -0.2) is 39.0 Å². The fourth-order valence-electron chi connectivity index (χ4n) is 0.171. The van der Waals surface area contributed by atoms with E-state index in [2.05, 4.69) is 0 Å². The summed E-state index contributed by atoms with van der Waals surface area (Å²) < 4.78 is 74.5. The van der Waals surface area contributed by atoms with Gasteiger partial charge in [0, 0.05) is 0 Å². The third kappa shape index (κ3) is 2.13. The predicted molar refractivity (Wildman–Crippen MR) is 21.7 cm³/mol. The van der Waals surface area contributed by atoms with Gasteiger partial charge in [-0.3, -0.25) is 0 Å². The van der Waals surface area contributed by atoms with Gasteiger partial charge >= 0.3 is 69.7 Å². The molecule has 0 aliphatic rings. The van der Waals surface area contributed by atoms with Crippen LogP contribution in [0.4, 0.5) is 30.7 Å². The second-order valence-corrected chi connectivity index (χ2v) is 3.22. The van der Waals surface area contributed by atoms with Crippen molar-refractivity contribution in [2.45, 2.75) is 16.0 Å². The van der Waals surface area contributed by atoms with E-state index in [0.29, 0.717) is 0 Å². The van der Waals surface area contributed by atoms with E-state index in [0.717, 1.165) is 0 Å². The van der Waals surface area contributed by atoms with Gasteiger partial charge in [-0.05, 0) is 0 Å². The van der Waals surface area contributed by atoms with Crippen LogP contribution < -0.4 is 0 Å². The Morgan fingerprint density at radius 2 is 1.00 bits per heavy atom. The third-order valence-electron chi connectivity index (χ3n) is 0.734. The number of rotatable bonds is 1. The van der Waals surface area contributed by atoms with Gasteiger partial charge < -0.3 is 0 Å². The van der Waals surface area contributed by atoms with Gasteiger partial charge in [-0.1, -0.05) is 0 Å². The standard InChI is InChI=1S/C3F7.Sb/c4-1(5)2(6,7)3(8,9)10;. The van der Waals surface area contributed by atoms with Crippen LogP contribution in [0.15, 0.2) is 0 Å². The summed E-state index contributed by atoms with van der Waals surface area (Å²) in [5.74, 6) is -5.94. The first-order valence-electron chi connectivity index (χ1n) is 2.05. The predicted octanol–water partition coefficient (Wildman–Crippen LogP) is 1.95. The van der Waals surface area contributed by atoms with Crippen LogP contribution in [0.25, 0.3) is 0 Å². The second-order valence-electron chi connectivity index (χ2n) is 1.61. The molecule has 11 heavy (non-hydrogen) atoms. The summed E-state index contributed by atoms with van der Waals surface area (Å²) in [6.45, 7) is 0. The summed E-state index contributed by atoms with van der Waals surface area (Å²) >= 11 is -0.864. The van der Waals surface area contributed by atoms with Crippen LogP contribution in [0.3, 0.4) is 0 Å². The van der Waals surface area contributed by atoms with E-state index in [9.17, 15) is 30.7 Å². The number of hydrogen-bond acceptors (Lipinski definition) is 0. The molecule has 0 N–H and O–H groups in total. The van der Waals surface area contributed by atoms with Gasteiger partial charge in [0.15, 0.2) is 0 Å². The molecule has 0 aromatic carbocycles. The topological polar surface area (TPSA) is 0 Å². The van der Waals surface area contributed by atoms with Crippen LogP contribution in [0.5, 0.6) is 0 Å². The average Bonchev–Trinajstić information content (AvgIpc) is 1.58. The van der Waals surface area contributed by atoms with E-state index in [1.165, 1.54) is 0 Å². The van der Waals surface area contributed by atoms with Crippen molar-refractivity contribution >= 4 is 23.0 Å². The van der Waals surface area contributed by atoms with Gasteiger partial charge in [0.25, 0.3) is 0 Å². The van der Waals surface area contributed by atoms with Crippen LogP contribution >= 0.6 is 0 Å². The summed E-state index contributed by atoms with van der Waals surface area (Å²) in [6.07, 6.45) is -6.19. The Hall–Kier alpha value is 0.328. The van der Waals surface area contributed by atoms with Crippen molar-refractivity contribution in [3.05, 3.63) is 0 Å². The Bertz CT molecular complexity index is 125. The van der Waals surface area contributed by atoms with E-state index >= 15 is 0 Å². The molecule has 66 valence electrons. The Balaban J connectivity index is 4.75. The van der Waals surface area contributed by atoms with Crippen molar-refractivity contribution in [1.29, 1.82) is 0 Å². The first-order chi connectivity index (χ1) is 4.50. The zero-order chi connectivity index (χ0) is 9.50. The summed E-state index contributed by atoms with van der Waals surface area (Å²) in [5, 5.41) is 0. The van der Waals surface area contributed by atoms with Crippen molar-refractivity contribution in [2.75, 3.05) is 0 Å². The minimum atomic E-state index is -6.19. The van der Waals surface area contributed by atoms with Gasteiger partial charge in [0.2, 0.25) is 0 Å². The molecule has 0 nitrogen and oxygen atoms in total. The van der Waals surface area contributed by atoms with Crippen molar-refractivity contribution in [1.82, 2.24) is 0 Å². The Morgan fingerprint density at radius 1 is 0.727 bits per heavy atom. The molecular formula is C3F7Sb. The van der Waals surface area contributed by atoms with Gasteiger partial charge in [-0.25, -0.2) is 0 Å². The molecule has 0 unspecified atom stereocenters. The van der Waals surface area contributed by atoms with E-state index in [-0.39, 0.29) is 0 Å². The fraction of sp³-hybridized carbons (Fsp3) is 1.00. The van der Waals surface area contributed by atoms with Crippen LogP contribution in [0, 0.1) is 0 Å². The molecule has 2 radical (unpaired) electrons. The zero-order valence-electron chi connectivity index (χ0n) is 4.59. The van der Waals surface area contributed by atoms with Crippen molar-refractivity contribution in [2.24, 2.45) is 0 Å². The van der Waals surface area contributed by atoms with Gasteiger partial charge in [0.1, 0.15) is 0 Å². The van der Waals surface area contributed by atoms with Gasteiger partial charge in [-0.15, -0.1) is 0 Å². The van der Waals surface area contributed by atoms with E-state index in [1.807, 2.05) is 0 Å². The van der Waals surface area contributed by atoms with Crippen molar-refractivity contribution in [3.8, 4) is 0 Å². The molecule has 0 spiro atoms. The quantitative estimate of drug-likeness (QED) is 0.511. The summed E-state index contributed by atoms with van der Waals surface area (Å²) in [6, 6.07) is 0. The third-order valence-corrected chi connectivity index (χ3v) is 1.54. The second kappa shape index (κ2) is 2.68. The Kier molecular flexibility index (Phi) is 2.76. The van der Waals surface area contributed by atoms with Crippen LogP contribution in [-0.2, 0) is 0 Å².